The summed E-state index contributed by atoms with van der Waals surface area (Å²) >= 11 is 1.52. The largest absolute Gasteiger partial charge is 0.508 e. The zero-order chi connectivity index (χ0) is 12.9. The second-order valence-electron chi connectivity index (χ2n) is 4.16. The Morgan fingerprint density at radius 3 is 2.53 bits per heavy atom. The van der Waals surface area contributed by atoms with E-state index in [0.717, 1.165) is 0 Å². The molecule has 5 heteroatoms. The molecule has 0 fully saturated rings. The summed E-state index contributed by atoms with van der Waals surface area (Å²) in [6.07, 6.45) is 1.90. The standard InChI is InChI=1S/C12H17NO3S/c1-12(16,8-17-2)7-13-11(15)9-3-5-10(14)6-4-9/h3-6,14,16H,7-8H2,1-2H3,(H,13,15). The molecule has 0 aromatic heterocycles. The quantitative estimate of drug-likeness (QED) is 0.740. The lowest BCUT2D eigenvalue weighted by molar-refractivity contribution is 0.0725. The van der Waals surface area contributed by atoms with Gasteiger partial charge in [0.25, 0.3) is 5.91 Å². The van der Waals surface area contributed by atoms with E-state index in [0.29, 0.717) is 11.3 Å². The maximum absolute atomic E-state index is 11.7. The average Bonchev–Trinajstić information content (AvgIpc) is 2.27. The molecule has 1 aromatic rings. The van der Waals surface area contributed by atoms with Crippen molar-refractivity contribution in [3.8, 4) is 5.75 Å². The third kappa shape index (κ3) is 4.66. The van der Waals surface area contributed by atoms with Crippen molar-refractivity contribution < 1.29 is 15.0 Å². The molecule has 94 valence electrons. The Kier molecular flexibility index (Phi) is 4.84. The molecule has 3 N–H and O–H groups in total. The van der Waals surface area contributed by atoms with Crippen LogP contribution in [0.1, 0.15) is 17.3 Å². The molecule has 0 aliphatic carbocycles. The Labute approximate surface area is 105 Å². The number of benzene rings is 1. The highest BCUT2D eigenvalue weighted by Crippen LogP contribution is 2.11. The number of carbonyl (C=O) groups is 1. The summed E-state index contributed by atoms with van der Waals surface area (Å²) in [5.74, 6) is 0.422. The predicted molar refractivity (Wildman–Crippen MR) is 69.4 cm³/mol. The molecule has 0 bridgehead atoms. The molecule has 1 rings (SSSR count). The van der Waals surface area contributed by atoms with E-state index in [4.69, 9.17) is 5.11 Å². The lowest BCUT2D eigenvalue weighted by Crippen LogP contribution is -2.42. The highest BCUT2D eigenvalue weighted by molar-refractivity contribution is 7.98. The summed E-state index contributed by atoms with van der Waals surface area (Å²) in [4.78, 5) is 11.7. The minimum Gasteiger partial charge on any atom is -0.508 e. The van der Waals surface area contributed by atoms with Gasteiger partial charge in [0.2, 0.25) is 0 Å². The highest BCUT2D eigenvalue weighted by atomic mass is 32.2. The van der Waals surface area contributed by atoms with E-state index in [2.05, 4.69) is 5.32 Å². The van der Waals surface area contributed by atoms with Crippen molar-refractivity contribution in [3.63, 3.8) is 0 Å². The van der Waals surface area contributed by atoms with Crippen LogP contribution in [0.5, 0.6) is 5.75 Å². The van der Waals surface area contributed by atoms with Crippen LogP contribution in [0.25, 0.3) is 0 Å². The summed E-state index contributed by atoms with van der Waals surface area (Å²) in [7, 11) is 0. The predicted octanol–water partition coefficient (Wildman–Crippen LogP) is 1.24. The van der Waals surface area contributed by atoms with Crippen LogP contribution in [0.3, 0.4) is 0 Å². The Morgan fingerprint density at radius 1 is 1.41 bits per heavy atom. The van der Waals surface area contributed by atoms with Crippen molar-refractivity contribution >= 4 is 17.7 Å². The molecule has 0 saturated heterocycles. The lowest BCUT2D eigenvalue weighted by Gasteiger charge is -2.22. The molecule has 0 spiro atoms. The fourth-order valence-electron chi connectivity index (χ4n) is 1.35. The first-order valence-corrected chi connectivity index (χ1v) is 6.62. The van der Waals surface area contributed by atoms with Crippen molar-refractivity contribution in [1.29, 1.82) is 0 Å². The summed E-state index contributed by atoms with van der Waals surface area (Å²) in [6.45, 7) is 1.88. The molecule has 1 amide bonds. The van der Waals surface area contributed by atoms with Gasteiger partial charge in [-0.2, -0.15) is 11.8 Å². The first-order valence-electron chi connectivity index (χ1n) is 5.23. The van der Waals surface area contributed by atoms with Gasteiger partial charge in [-0.15, -0.1) is 0 Å². The molecular weight excluding hydrogens is 238 g/mol. The third-order valence-electron chi connectivity index (χ3n) is 2.21. The van der Waals surface area contributed by atoms with E-state index >= 15 is 0 Å². The number of aromatic hydroxyl groups is 1. The molecule has 1 atom stereocenters. The van der Waals surface area contributed by atoms with Gasteiger partial charge in [-0.25, -0.2) is 0 Å². The Hall–Kier alpha value is -1.20. The van der Waals surface area contributed by atoms with Crippen LogP contribution in [-0.4, -0.2) is 40.3 Å². The van der Waals surface area contributed by atoms with Gasteiger partial charge in [-0.05, 0) is 37.4 Å². The summed E-state index contributed by atoms with van der Waals surface area (Å²) in [6, 6.07) is 5.98. The molecule has 0 aliphatic heterocycles. The topological polar surface area (TPSA) is 69.6 Å². The van der Waals surface area contributed by atoms with Crippen molar-refractivity contribution in [3.05, 3.63) is 29.8 Å². The average molecular weight is 255 g/mol. The highest BCUT2D eigenvalue weighted by Gasteiger charge is 2.20. The number of hydrogen-bond acceptors (Lipinski definition) is 4. The minimum absolute atomic E-state index is 0.121. The van der Waals surface area contributed by atoms with Crippen LogP contribution < -0.4 is 5.32 Å². The van der Waals surface area contributed by atoms with Gasteiger partial charge >= 0.3 is 0 Å². The zero-order valence-corrected chi connectivity index (χ0v) is 10.8. The van der Waals surface area contributed by atoms with Gasteiger partial charge in [0.15, 0.2) is 0 Å². The van der Waals surface area contributed by atoms with Gasteiger partial charge in [0, 0.05) is 17.9 Å². The molecule has 0 aliphatic rings. The van der Waals surface area contributed by atoms with Gasteiger partial charge in [0.05, 0.1) is 5.60 Å². The van der Waals surface area contributed by atoms with Gasteiger partial charge in [-0.3, -0.25) is 4.79 Å². The van der Waals surface area contributed by atoms with Crippen molar-refractivity contribution in [2.24, 2.45) is 0 Å². The summed E-state index contributed by atoms with van der Waals surface area (Å²) in [5, 5.41) is 21.6. The number of hydrogen-bond donors (Lipinski definition) is 3. The number of phenolic OH excluding ortho intramolecular Hbond substituents is 1. The van der Waals surface area contributed by atoms with Crippen molar-refractivity contribution in [2.75, 3.05) is 18.6 Å². The molecule has 0 saturated carbocycles. The van der Waals surface area contributed by atoms with E-state index in [1.165, 1.54) is 36.0 Å². The molecule has 0 radical (unpaired) electrons. The SMILES string of the molecule is CSCC(C)(O)CNC(=O)c1ccc(O)cc1. The summed E-state index contributed by atoms with van der Waals surface area (Å²) < 4.78 is 0. The zero-order valence-electron chi connectivity index (χ0n) is 9.93. The van der Waals surface area contributed by atoms with Crippen molar-refractivity contribution in [2.45, 2.75) is 12.5 Å². The number of rotatable bonds is 5. The van der Waals surface area contributed by atoms with Crippen LogP contribution in [0.4, 0.5) is 0 Å². The van der Waals surface area contributed by atoms with Crippen LogP contribution in [0.15, 0.2) is 24.3 Å². The number of aliphatic hydroxyl groups is 1. The Bertz CT molecular complexity index is 376. The fraction of sp³-hybridized carbons (Fsp3) is 0.417. The van der Waals surface area contributed by atoms with E-state index in [1.807, 2.05) is 6.26 Å². The number of phenols is 1. The maximum atomic E-state index is 11.7. The fourth-order valence-corrected chi connectivity index (χ4v) is 2.07. The Morgan fingerprint density at radius 2 is 2.00 bits per heavy atom. The third-order valence-corrected chi connectivity index (χ3v) is 3.13. The number of carbonyl (C=O) groups excluding carboxylic acids is 1. The first-order chi connectivity index (χ1) is 7.94. The van der Waals surface area contributed by atoms with Crippen LogP contribution in [0, 0.1) is 0 Å². The van der Waals surface area contributed by atoms with Crippen molar-refractivity contribution in [1.82, 2.24) is 5.32 Å². The molecule has 1 aromatic carbocycles. The normalized spacial score (nSPS) is 14.1. The molecular formula is C12H17NO3S. The maximum Gasteiger partial charge on any atom is 0.251 e. The Balaban J connectivity index is 2.53. The molecule has 0 heterocycles. The van der Waals surface area contributed by atoms with Crippen LogP contribution in [-0.2, 0) is 0 Å². The van der Waals surface area contributed by atoms with Crippen LogP contribution in [0.2, 0.25) is 0 Å². The summed E-state index contributed by atoms with van der Waals surface area (Å²) in [5.41, 5.74) is -0.450. The van der Waals surface area contributed by atoms with Gasteiger partial charge in [0.1, 0.15) is 5.75 Å². The monoisotopic (exact) mass is 255 g/mol. The van der Waals surface area contributed by atoms with Crippen LogP contribution >= 0.6 is 11.8 Å². The van der Waals surface area contributed by atoms with E-state index in [1.54, 1.807) is 6.92 Å². The molecule has 1 unspecified atom stereocenters. The van der Waals surface area contributed by atoms with E-state index in [-0.39, 0.29) is 18.2 Å². The molecule has 17 heavy (non-hydrogen) atoms. The minimum atomic E-state index is -0.911. The number of thioether (sulfide) groups is 1. The van der Waals surface area contributed by atoms with E-state index < -0.39 is 5.60 Å². The lowest BCUT2D eigenvalue weighted by atomic mass is 10.1. The number of amides is 1. The van der Waals surface area contributed by atoms with E-state index in [9.17, 15) is 9.90 Å². The molecule has 4 nitrogen and oxygen atoms in total. The first kappa shape index (κ1) is 13.9. The second kappa shape index (κ2) is 5.93. The second-order valence-corrected chi connectivity index (χ2v) is 5.03. The van der Waals surface area contributed by atoms with Gasteiger partial charge in [-0.1, -0.05) is 0 Å². The van der Waals surface area contributed by atoms with Gasteiger partial charge < -0.3 is 15.5 Å². The smallest absolute Gasteiger partial charge is 0.251 e. The number of nitrogens with one attached hydrogen (secondary N) is 1.